The molecule has 1 heterocycles. The van der Waals surface area contributed by atoms with Crippen molar-refractivity contribution in [2.45, 2.75) is 56.5 Å². The number of pyridine rings is 1. The molecule has 0 spiro atoms. The summed E-state index contributed by atoms with van der Waals surface area (Å²) in [5.41, 5.74) is 3.35. The summed E-state index contributed by atoms with van der Waals surface area (Å²) in [7, 11) is 1.67. The number of aliphatic carboxylic acids is 1. The number of hydrogen-bond acceptors (Lipinski definition) is 8. The van der Waals surface area contributed by atoms with Crippen molar-refractivity contribution >= 4 is 29.8 Å². The van der Waals surface area contributed by atoms with Crippen LogP contribution in [-0.2, 0) is 22.7 Å². The van der Waals surface area contributed by atoms with Crippen molar-refractivity contribution in [1.29, 1.82) is 0 Å². The van der Waals surface area contributed by atoms with Crippen LogP contribution in [-0.4, -0.2) is 30.6 Å². The Morgan fingerprint density at radius 3 is 2.33 bits per heavy atom. The Labute approximate surface area is 240 Å². The van der Waals surface area contributed by atoms with E-state index in [1.165, 1.54) is 42.3 Å². The lowest BCUT2D eigenvalue weighted by Gasteiger charge is -2.12. The molecule has 3 rings (SSSR count). The van der Waals surface area contributed by atoms with E-state index < -0.39 is 11.9 Å². The Morgan fingerprint density at radius 2 is 1.60 bits per heavy atom. The SMILES string of the molecule is COc1ccc(CCCCCCCCOc2ccc(CSCc3ccccc3C(=O)[O-])nc2/C=C/C(=O)[O-])cc1. The second-order valence-corrected chi connectivity index (χ2v) is 10.3. The van der Waals surface area contributed by atoms with Gasteiger partial charge in [0.2, 0.25) is 0 Å². The van der Waals surface area contributed by atoms with E-state index in [0.717, 1.165) is 49.6 Å². The molecule has 7 nitrogen and oxygen atoms in total. The molecule has 0 aliphatic heterocycles. The number of carbonyl (C=O) groups excluding carboxylic acids is 2. The smallest absolute Gasteiger partial charge is 0.144 e. The maximum Gasteiger partial charge on any atom is 0.144 e. The number of carbonyl (C=O) groups is 2. The predicted molar refractivity (Wildman–Crippen MR) is 154 cm³/mol. The second-order valence-electron chi connectivity index (χ2n) is 9.34. The summed E-state index contributed by atoms with van der Waals surface area (Å²) in [6.45, 7) is 0.522. The molecule has 0 aliphatic rings. The van der Waals surface area contributed by atoms with Crippen LogP contribution in [0.2, 0.25) is 0 Å². The second kappa shape index (κ2) is 17.0. The quantitative estimate of drug-likeness (QED) is 0.164. The van der Waals surface area contributed by atoms with Crippen molar-refractivity contribution in [3.05, 3.63) is 94.8 Å². The highest BCUT2D eigenvalue weighted by molar-refractivity contribution is 7.97. The van der Waals surface area contributed by atoms with Crippen LogP contribution >= 0.6 is 11.8 Å². The number of benzene rings is 2. The number of hydrogen-bond donors (Lipinski definition) is 0. The van der Waals surface area contributed by atoms with Gasteiger partial charge in [-0.2, -0.15) is 11.8 Å². The van der Waals surface area contributed by atoms with Crippen LogP contribution in [0.15, 0.2) is 66.7 Å². The monoisotopic (exact) mass is 561 g/mol. The lowest BCUT2D eigenvalue weighted by molar-refractivity contribution is -0.297. The van der Waals surface area contributed by atoms with Gasteiger partial charge in [0.15, 0.2) is 0 Å². The van der Waals surface area contributed by atoms with Gasteiger partial charge in [-0.3, -0.25) is 0 Å². The minimum Gasteiger partial charge on any atom is -0.545 e. The van der Waals surface area contributed by atoms with Gasteiger partial charge in [0.1, 0.15) is 17.2 Å². The number of rotatable bonds is 18. The van der Waals surface area contributed by atoms with Crippen molar-refractivity contribution < 1.29 is 29.3 Å². The van der Waals surface area contributed by atoms with E-state index >= 15 is 0 Å². The molecule has 0 bridgehead atoms. The van der Waals surface area contributed by atoms with Gasteiger partial charge in [0, 0.05) is 17.1 Å². The van der Waals surface area contributed by atoms with Gasteiger partial charge in [-0.15, -0.1) is 0 Å². The molecular formula is C32H35NO6S-2. The largest absolute Gasteiger partial charge is 0.545 e. The van der Waals surface area contributed by atoms with Gasteiger partial charge in [-0.1, -0.05) is 62.1 Å². The number of unbranched alkanes of at least 4 members (excludes halogenated alkanes) is 5. The minimum atomic E-state index is -1.31. The van der Waals surface area contributed by atoms with E-state index in [1.54, 1.807) is 31.4 Å². The van der Waals surface area contributed by atoms with Crippen molar-refractivity contribution in [2.75, 3.05) is 13.7 Å². The van der Waals surface area contributed by atoms with E-state index in [9.17, 15) is 19.8 Å². The molecule has 0 N–H and O–H groups in total. The molecule has 0 amide bonds. The number of methoxy groups -OCH3 is 1. The average molecular weight is 562 g/mol. The van der Waals surface area contributed by atoms with E-state index in [4.69, 9.17) is 9.47 Å². The van der Waals surface area contributed by atoms with E-state index in [-0.39, 0.29) is 5.56 Å². The van der Waals surface area contributed by atoms with Gasteiger partial charge in [0.05, 0.1) is 31.3 Å². The first-order chi connectivity index (χ1) is 19.5. The number of aromatic nitrogens is 1. The first kappa shape index (κ1) is 30.8. The van der Waals surface area contributed by atoms with Crippen LogP contribution in [0.5, 0.6) is 11.5 Å². The van der Waals surface area contributed by atoms with Crippen molar-refractivity contribution in [1.82, 2.24) is 4.98 Å². The summed E-state index contributed by atoms with van der Waals surface area (Å²) in [5, 5.41) is 22.3. The van der Waals surface area contributed by atoms with Gasteiger partial charge in [0.25, 0.3) is 0 Å². The molecule has 1 aromatic heterocycles. The zero-order valence-electron chi connectivity index (χ0n) is 22.8. The molecule has 0 radical (unpaired) electrons. The molecule has 2 aromatic carbocycles. The number of aromatic carboxylic acids is 1. The molecule has 3 aromatic rings. The molecule has 40 heavy (non-hydrogen) atoms. The summed E-state index contributed by atoms with van der Waals surface area (Å²) >= 11 is 1.51. The Balaban J connectivity index is 1.40. The Kier molecular flexibility index (Phi) is 13.1. The summed E-state index contributed by atoms with van der Waals surface area (Å²) in [6.07, 6.45) is 10.0. The maximum absolute atomic E-state index is 11.3. The topological polar surface area (TPSA) is 112 Å². The number of carboxylic acid groups (broad SMARTS) is 2. The number of carboxylic acids is 2. The average Bonchev–Trinajstić information content (AvgIpc) is 2.96. The molecule has 0 fully saturated rings. The third kappa shape index (κ3) is 10.8. The van der Waals surface area contributed by atoms with Crippen molar-refractivity contribution in [3.63, 3.8) is 0 Å². The number of thioether (sulfide) groups is 1. The van der Waals surface area contributed by atoms with Crippen LogP contribution < -0.4 is 19.7 Å². The van der Waals surface area contributed by atoms with Crippen LogP contribution in [0.3, 0.4) is 0 Å². The normalized spacial score (nSPS) is 11.0. The zero-order valence-corrected chi connectivity index (χ0v) is 23.6. The highest BCUT2D eigenvalue weighted by Crippen LogP contribution is 2.24. The van der Waals surface area contributed by atoms with Crippen LogP contribution in [0.1, 0.15) is 71.4 Å². The first-order valence-electron chi connectivity index (χ1n) is 13.5. The minimum absolute atomic E-state index is 0.179. The third-order valence-electron chi connectivity index (χ3n) is 6.34. The third-order valence-corrected chi connectivity index (χ3v) is 7.36. The molecule has 0 atom stereocenters. The molecule has 0 saturated heterocycles. The fourth-order valence-corrected chi connectivity index (χ4v) is 5.14. The summed E-state index contributed by atoms with van der Waals surface area (Å²) in [4.78, 5) is 26.8. The van der Waals surface area contributed by atoms with Gasteiger partial charge >= 0.3 is 0 Å². The summed E-state index contributed by atoms with van der Waals surface area (Å²) in [6, 6.07) is 18.6. The van der Waals surface area contributed by atoms with Gasteiger partial charge < -0.3 is 29.3 Å². The molecule has 8 heteroatoms. The van der Waals surface area contributed by atoms with E-state index in [0.29, 0.717) is 35.1 Å². The van der Waals surface area contributed by atoms with E-state index in [2.05, 4.69) is 17.1 Å². The molecule has 0 saturated carbocycles. The summed E-state index contributed by atoms with van der Waals surface area (Å²) < 4.78 is 11.1. The van der Waals surface area contributed by atoms with Crippen LogP contribution in [0.25, 0.3) is 6.08 Å². The van der Waals surface area contributed by atoms with Gasteiger partial charge in [-0.05, 0) is 66.8 Å². The predicted octanol–water partition coefficient (Wildman–Crippen LogP) is 4.61. The number of aryl methyl sites for hydroxylation is 1. The highest BCUT2D eigenvalue weighted by Gasteiger charge is 2.08. The standard InChI is InChI=1S/C32H37NO6S/c1-38-27-16-13-24(14-17-27)10-6-4-2-3-5-9-21-39-30-19-15-26(33-29(30)18-20-31(34)35)23-40-22-25-11-7-8-12-28(25)32(36)37/h7-8,11-20H,2-6,9-10,21-23H2,1H3,(H,34,35)(H,36,37)/p-2/b20-18+. The Bertz CT molecular complexity index is 1260. The zero-order chi connectivity index (χ0) is 28.6. The Morgan fingerprint density at radius 1 is 0.875 bits per heavy atom. The molecule has 0 aliphatic carbocycles. The molecule has 212 valence electrons. The van der Waals surface area contributed by atoms with Crippen LogP contribution in [0.4, 0.5) is 0 Å². The fraction of sp³-hybridized carbons (Fsp3) is 0.344. The van der Waals surface area contributed by atoms with E-state index in [1.807, 2.05) is 18.2 Å². The van der Waals surface area contributed by atoms with Crippen molar-refractivity contribution in [2.24, 2.45) is 0 Å². The summed E-state index contributed by atoms with van der Waals surface area (Å²) in [5.74, 6) is -0.0998. The van der Waals surface area contributed by atoms with Gasteiger partial charge in [-0.25, -0.2) is 4.98 Å². The van der Waals surface area contributed by atoms with Crippen molar-refractivity contribution in [3.8, 4) is 11.5 Å². The first-order valence-corrected chi connectivity index (χ1v) is 14.6. The number of ether oxygens (including phenoxy) is 2. The fourth-order valence-electron chi connectivity index (χ4n) is 4.20. The maximum atomic E-state index is 11.3. The highest BCUT2D eigenvalue weighted by atomic mass is 32.2. The molecule has 0 unspecified atom stereocenters. The number of nitrogens with zero attached hydrogens (tertiary/aromatic N) is 1. The molecular weight excluding hydrogens is 526 g/mol. The Hall–Kier alpha value is -3.78. The van der Waals surface area contributed by atoms with Crippen LogP contribution in [0, 0.1) is 0 Å². The lowest BCUT2D eigenvalue weighted by Crippen LogP contribution is -2.23. The lowest BCUT2D eigenvalue weighted by atomic mass is 10.0.